The number of unbranched alkanes of at least 4 members (excludes halogenated alkanes) is 1. The van der Waals surface area contributed by atoms with E-state index in [1.54, 1.807) is 10.6 Å². The minimum Gasteiger partial charge on any atom is -0.457 e. The van der Waals surface area contributed by atoms with Crippen LogP contribution in [0.15, 0.2) is 23.0 Å². The Morgan fingerprint density at radius 2 is 1.94 bits per heavy atom. The summed E-state index contributed by atoms with van der Waals surface area (Å²) in [6.07, 6.45) is 2.78. The second kappa shape index (κ2) is 7.71. The summed E-state index contributed by atoms with van der Waals surface area (Å²) in [6, 6.07) is 5.50. The van der Waals surface area contributed by atoms with Crippen molar-refractivity contribution < 1.29 is 28.5 Å². The zero-order valence-electron chi connectivity index (χ0n) is 19.1. The molecule has 0 N–H and O–H groups in total. The van der Waals surface area contributed by atoms with Crippen molar-refractivity contribution in [1.29, 1.82) is 0 Å². The molecule has 0 saturated heterocycles. The third kappa shape index (κ3) is 3.14. The number of aryl methyl sites for hydroxylation is 1. The van der Waals surface area contributed by atoms with E-state index < -0.39 is 17.0 Å². The third-order valence-electron chi connectivity index (χ3n) is 6.97. The second-order valence-electron chi connectivity index (χ2n) is 9.01. The van der Waals surface area contributed by atoms with Crippen LogP contribution in [0.2, 0.25) is 0 Å². The van der Waals surface area contributed by atoms with Gasteiger partial charge in [-0.25, -0.2) is 14.6 Å². The fraction of sp³-hybridized carbons (Fsp3) is 0.360. The van der Waals surface area contributed by atoms with E-state index in [2.05, 4.69) is 6.92 Å². The first-order valence-corrected chi connectivity index (χ1v) is 11.8. The summed E-state index contributed by atoms with van der Waals surface area (Å²) in [5, 5.41) is 0.964. The smallest absolute Gasteiger partial charge is 0.405 e. The van der Waals surface area contributed by atoms with Gasteiger partial charge in [0.25, 0.3) is 5.56 Å². The molecule has 2 aromatic heterocycles. The average molecular weight is 497 g/mol. The number of hydrogen-bond acceptors (Lipinski definition) is 8. The van der Waals surface area contributed by atoms with Crippen molar-refractivity contribution in [1.82, 2.24) is 9.55 Å². The molecule has 10 heteroatoms. The molecule has 180 valence electrons. The molecule has 0 fully saturated rings. The van der Waals surface area contributed by atoms with Crippen LogP contribution in [0.4, 0.5) is 4.79 Å². The molecule has 0 saturated carbocycles. The zero-order chi connectivity index (χ0) is 24.5. The fourth-order valence-electron chi connectivity index (χ4n) is 5.19. The molecule has 0 aliphatic carbocycles. The van der Waals surface area contributed by atoms with E-state index in [0.29, 0.717) is 29.4 Å². The van der Waals surface area contributed by atoms with E-state index >= 15 is 0 Å². The number of hydrogen-bond donors (Lipinski definition) is 0. The Morgan fingerprint density at radius 1 is 1.17 bits per heavy atom. The van der Waals surface area contributed by atoms with Gasteiger partial charge in [-0.15, -0.1) is 0 Å². The van der Waals surface area contributed by atoms with Crippen molar-refractivity contribution in [3.8, 4) is 22.9 Å². The van der Waals surface area contributed by atoms with Crippen molar-refractivity contribution in [3.05, 3.63) is 50.8 Å². The molecule has 3 aromatic rings. The number of esters is 1. The van der Waals surface area contributed by atoms with Crippen LogP contribution in [0.25, 0.3) is 22.3 Å². The van der Waals surface area contributed by atoms with Gasteiger partial charge in [0.1, 0.15) is 6.61 Å². The third-order valence-corrected chi connectivity index (χ3v) is 7.05. The van der Waals surface area contributed by atoms with Crippen LogP contribution in [0, 0.1) is 0 Å². The summed E-state index contributed by atoms with van der Waals surface area (Å²) in [5.74, 6) is 0.510. The molecule has 0 unspecified atom stereocenters. The van der Waals surface area contributed by atoms with Crippen LogP contribution in [0.1, 0.15) is 48.9 Å². The van der Waals surface area contributed by atoms with Crippen molar-refractivity contribution >= 4 is 33.9 Å². The van der Waals surface area contributed by atoms with Crippen LogP contribution in [0.3, 0.4) is 0 Å². The molecule has 1 atom stereocenters. The van der Waals surface area contributed by atoms with Gasteiger partial charge in [-0.2, -0.15) is 0 Å². The van der Waals surface area contributed by atoms with Crippen LogP contribution < -0.4 is 15.0 Å². The molecular formula is C25H21ClN2O7. The maximum absolute atomic E-state index is 13.6. The Hall–Kier alpha value is -3.59. The minimum atomic E-state index is -1.84. The molecule has 3 aliphatic heterocycles. The number of halogens is 1. The monoisotopic (exact) mass is 496 g/mol. The maximum Gasteiger partial charge on any atom is 0.405 e. The summed E-state index contributed by atoms with van der Waals surface area (Å²) in [4.78, 5) is 42.7. The van der Waals surface area contributed by atoms with E-state index in [1.807, 2.05) is 12.1 Å². The van der Waals surface area contributed by atoms with Gasteiger partial charge in [0.05, 0.1) is 29.0 Å². The lowest BCUT2D eigenvalue weighted by Crippen LogP contribution is -2.45. The molecule has 0 spiro atoms. The lowest BCUT2D eigenvalue weighted by Gasteiger charge is -2.32. The van der Waals surface area contributed by atoms with Crippen LogP contribution in [0.5, 0.6) is 11.5 Å². The zero-order valence-corrected chi connectivity index (χ0v) is 19.9. The Balaban J connectivity index is 1.61. The van der Waals surface area contributed by atoms with Gasteiger partial charge in [0, 0.05) is 34.2 Å². The molecule has 35 heavy (non-hydrogen) atoms. The molecule has 0 amide bonds. The van der Waals surface area contributed by atoms with E-state index in [9.17, 15) is 14.4 Å². The number of benzene rings is 1. The minimum absolute atomic E-state index is 0.161. The van der Waals surface area contributed by atoms with Crippen molar-refractivity contribution in [3.63, 3.8) is 0 Å². The number of ether oxygens (including phenoxy) is 4. The van der Waals surface area contributed by atoms with E-state index in [0.717, 1.165) is 41.3 Å². The topological polar surface area (TPSA) is 106 Å². The summed E-state index contributed by atoms with van der Waals surface area (Å²) in [7, 11) is 0. The highest BCUT2D eigenvalue weighted by Gasteiger charge is 2.48. The van der Waals surface area contributed by atoms with Crippen molar-refractivity contribution in [2.45, 2.75) is 51.9 Å². The van der Waals surface area contributed by atoms with Gasteiger partial charge < -0.3 is 23.5 Å². The molecular weight excluding hydrogens is 476 g/mol. The van der Waals surface area contributed by atoms with Gasteiger partial charge in [-0.05, 0) is 37.5 Å². The van der Waals surface area contributed by atoms with Gasteiger partial charge in [-0.1, -0.05) is 13.3 Å². The molecule has 3 aliphatic rings. The summed E-state index contributed by atoms with van der Waals surface area (Å²) in [6.45, 7) is 3.79. The molecule has 0 radical (unpaired) electrons. The predicted octanol–water partition coefficient (Wildman–Crippen LogP) is 4.14. The molecule has 9 nitrogen and oxygen atoms in total. The Kier molecular flexibility index (Phi) is 4.83. The van der Waals surface area contributed by atoms with Crippen molar-refractivity contribution in [2.75, 3.05) is 6.79 Å². The number of pyridine rings is 2. The van der Waals surface area contributed by atoms with Crippen LogP contribution in [-0.4, -0.2) is 27.7 Å². The highest BCUT2D eigenvalue weighted by atomic mass is 35.5. The summed E-state index contributed by atoms with van der Waals surface area (Å²) in [5.41, 5.74) is 1.18. The Bertz CT molecular complexity index is 1510. The molecule has 6 rings (SSSR count). The number of carbonyl (C=O) groups is 2. The number of nitrogens with zero attached hydrogens (tertiary/aromatic N) is 2. The van der Waals surface area contributed by atoms with Gasteiger partial charge in [0.2, 0.25) is 12.4 Å². The summed E-state index contributed by atoms with van der Waals surface area (Å²) < 4.78 is 23.1. The fourth-order valence-corrected chi connectivity index (χ4v) is 5.34. The Morgan fingerprint density at radius 3 is 2.69 bits per heavy atom. The first kappa shape index (κ1) is 21.9. The summed E-state index contributed by atoms with van der Waals surface area (Å²) >= 11 is 5.47. The highest BCUT2D eigenvalue weighted by Crippen LogP contribution is 2.43. The SMILES string of the molecule is CCCCc1c2c(nc3cc4c(cc13)OCO4)-c1cc3c(c(=O)n1C2)COC(=O)[C@@]3(C)OC(=O)Cl. The number of cyclic esters (lactones) is 1. The van der Waals surface area contributed by atoms with Gasteiger partial charge in [0.15, 0.2) is 11.5 Å². The second-order valence-corrected chi connectivity index (χ2v) is 9.31. The van der Waals surface area contributed by atoms with Gasteiger partial charge >= 0.3 is 11.4 Å². The number of rotatable bonds is 4. The normalized spacial score (nSPS) is 19.2. The first-order chi connectivity index (χ1) is 16.8. The van der Waals surface area contributed by atoms with Crippen LogP contribution in [-0.2, 0) is 39.4 Å². The lowest BCUT2D eigenvalue weighted by atomic mass is 9.89. The van der Waals surface area contributed by atoms with E-state index in [4.69, 9.17) is 35.5 Å². The first-order valence-electron chi connectivity index (χ1n) is 11.4. The Labute approximate surface area is 204 Å². The highest BCUT2D eigenvalue weighted by molar-refractivity contribution is 6.61. The molecule has 1 aromatic carbocycles. The lowest BCUT2D eigenvalue weighted by molar-refractivity contribution is -0.168. The van der Waals surface area contributed by atoms with Crippen LogP contribution >= 0.6 is 11.6 Å². The standard InChI is InChI=1S/C25H21ClN2O7/c1-3-4-5-12-13-6-19-20(34-11-33-19)8-17(13)27-21-14(12)9-28-18(21)7-16-15(22(28)29)10-32-23(30)25(16,2)35-24(26)31/h6-8H,3-5,9-11H2,1-2H3/t25-/m0/s1. The number of aromatic nitrogens is 2. The van der Waals surface area contributed by atoms with Gasteiger partial charge in [-0.3, -0.25) is 4.79 Å². The molecule has 0 bridgehead atoms. The average Bonchev–Trinajstić information content (AvgIpc) is 3.42. The quantitative estimate of drug-likeness (QED) is 0.306. The number of fused-ring (bicyclic) bond motifs is 6. The van der Waals surface area contributed by atoms with E-state index in [-0.39, 0.29) is 30.1 Å². The number of carbonyl (C=O) groups excluding carboxylic acids is 2. The maximum atomic E-state index is 13.6. The van der Waals surface area contributed by atoms with E-state index in [1.165, 1.54) is 6.92 Å². The van der Waals surface area contributed by atoms with Crippen molar-refractivity contribution in [2.24, 2.45) is 0 Å². The predicted molar refractivity (Wildman–Crippen MR) is 125 cm³/mol. The molecule has 5 heterocycles. The largest absolute Gasteiger partial charge is 0.457 e.